The van der Waals surface area contributed by atoms with Crippen molar-refractivity contribution < 1.29 is 24.2 Å². The van der Waals surface area contributed by atoms with E-state index in [9.17, 15) is 14.7 Å². The van der Waals surface area contributed by atoms with Gasteiger partial charge in [0.05, 0.1) is 25.0 Å². The summed E-state index contributed by atoms with van der Waals surface area (Å²) in [6, 6.07) is 1.47. The maximum Gasteiger partial charge on any atom is 0.406 e. The summed E-state index contributed by atoms with van der Waals surface area (Å²) in [6.45, 7) is 2.07. The number of carbonyl (C=O) groups excluding carboxylic acids is 2. The second kappa shape index (κ2) is 7.67. The number of esters is 1. The highest BCUT2D eigenvalue weighted by Gasteiger charge is 2.43. The predicted molar refractivity (Wildman–Crippen MR) is 87.2 cm³/mol. The number of methoxy groups -OCH3 is 1. The number of rotatable bonds is 6. The van der Waals surface area contributed by atoms with Crippen molar-refractivity contribution in [3.8, 4) is 0 Å². The molecular weight excluding hydrogens is 338 g/mol. The number of nitrogens with one attached hydrogen (secondary N) is 2. The summed E-state index contributed by atoms with van der Waals surface area (Å²) < 4.78 is 9.45. The van der Waals surface area contributed by atoms with Crippen LogP contribution < -0.4 is 10.6 Å². The zero-order valence-corrected chi connectivity index (χ0v) is 14.2. The molecular formula is C15H20ClN3O5. The topological polar surface area (TPSA) is 110 Å². The van der Waals surface area contributed by atoms with Crippen LogP contribution >= 0.6 is 11.6 Å². The summed E-state index contributed by atoms with van der Waals surface area (Å²) in [6.07, 6.45) is 1.57. The SMILES string of the molecule is CCOC(=O)c1cnc(Cl)cc1NC1CC(O)(CNC(=O)OC)C1. The molecule has 1 aliphatic rings. The Balaban J connectivity index is 1.97. The minimum Gasteiger partial charge on any atom is -0.462 e. The van der Waals surface area contributed by atoms with Crippen molar-refractivity contribution in [1.29, 1.82) is 0 Å². The zero-order chi connectivity index (χ0) is 17.7. The van der Waals surface area contributed by atoms with Crippen LogP contribution in [0.5, 0.6) is 0 Å². The van der Waals surface area contributed by atoms with Gasteiger partial charge in [-0.1, -0.05) is 11.6 Å². The van der Waals surface area contributed by atoms with Gasteiger partial charge in [0, 0.05) is 18.8 Å². The molecule has 0 bridgehead atoms. The quantitative estimate of drug-likeness (QED) is 0.523. The summed E-state index contributed by atoms with van der Waals surface area (Å²) in [7, 11) is 1.26. The number of halogens is 1. The Labute approximate surface area is 144 Å². The van der Waals surface area contributed by atoms with Gasteiger partial charge in [-0.05, 0) is 25.8 Å². The molecule has 3 N–H and O–H groups in total. The fraction of sp³-hybridized carbons (Fsp3) is 0.533. The number of aromatic nitrogens is 1. The third kappa shape index (κ3) is 4.48. The lowest BCUT2D eigenvalue weighted by Crippen LogP contribution is -2.56. The molecule has 0 unspecified atom stereocenters. The van der Waals surface area contributed by atoms with Crippen LogP contribution in [-0.4, -0.2) is 54.1 Å². The van der Waals surface area contributed by atoms with Crippen molar-refractivity contribution in [2.24, 2.45) is 0 Å². The smallest absolute Gasteiger partial charge is 0.406 e. The molecule has 0 spiro atoms. The molecule has 0 aromatic carbocycles. The number of hydrogen-bond acceptors (Lipinski definition) is 7. The Hall–Kier alpha value is -2.06. The predicted octanol–water partition coefficient (Wildman–Crippen LogP) is 1.57. The van der Waals surface area contributed by atoms with Crippen molar-refractivity contribution in [3.63, 3.8) is 0 Å². The average molecular weight is 358 g/mol. The van der Waals surface area contributed by atoms with Crippen molar-refractivity contribution in [1.82, 2.24) is 10.3 Å². The molecule has 1 aromatic rings. The van der Waals surface area contributed by atoms with E-state index in [1.165, 1.54) is 19.4 Å². The first-order chi connectivity index (χ1) is 11.4. The highest BCUT2D eigenvalue weighted by atomic mass is 35.5. The van der Waals surface area contributed by atoms with Gasteiger partial charge in [-0.15, -0.1) is 0 Å². The summed E-state index contributed by atoms with van der Waals surface area (Å²) in [4.78, 5) is 26.9. The van der Waals surface area contributed by atoms with Gasteiger partial charge in [-0.2, -0.15) is 0 Å². The average Bonchev–Trinajstić information content (AvgIpc) is 2.51. The molecule has 0 aliphatic heterocycles. The molecule has 1 saturated carbocycles. The van der Waals surface area contributed by atoms with E-state index < -0.39 is 17.7 Å². The van der Waals surface area contributed by atoms with Gasteiger partial charge in [0.1, 0.15) is 10.7 Å². The summed E-state index contributed by atoms with van der Waals surface area (Å²) >= 11 is 5.89. The molecule has 1 aromatic heterocycles. The molecule has 1 amide bonds. The first kappa shape index (κ1) is 18.3. The number of alkyl carbamates (subject to hydrolysis) is 1. The van der Waals surface area contributed by atoms with E-state index in [1.807, 2.05) is 0 Å². The monoisotopic (exact) mass is 357 g/mol. The van der Waals surface area contributed by atoms with E-state index in [0.29, 0.717) is 18.5 Å². The van der Waals surface area contributed by atoms with Gasteiger partial charge in [-0.25, -0.2) is 14.6 Å². The van der Waals surface area contributed by atoms with Crippen LogP contribution in [0.3, 0.4) is 0 Å². The lowest BCUT2D eigenvalue weighted by molar-refractivity contribution is -0.0386. The molecule has 1 aliphatic carbocycles. The highest BCUT2D eigenvalue weighted by Crippen LogP contribution is 2.35. The van der Waals surface area contributed by atoms with E-state index >= 15 is 0 Å². The summed E-state index contributed by atoms with van der Waals surface area (Å²) in [5.41, 5.74) is -0.224. The van der Waals surface area contributed by atoms with Gasteiger partial charge in [0.2, 0.25) is 0 Å². The van der Waals surface area contributed by atoms with Gasteiger partial charge >= 0.3 is 12.1 Å². The number of anilines is 1. The second-order valence-electron chi connectivity index (χ2n) is 5.59. The van der Waals surface area contributed by atoms with Crippen LogP contribution in [0.1, 0.15) is 30.1 Å². The van der Waals surface area contributed by atoms with Crippen LogP contribution in [0.25, 0.3) is 0 Å². The first-order valence-electron chi connectivity index (χ1n) is 7.50. The Bertz CT molecular complexity index is 619. The fourth-order valence-electron chi connectivity index (χ4n) is 2.55. The van der Waals surface area contributed by atoms with E-state index in [-0.39, 0.29) is 29.9 Å². The highest BCUT2D eigenvalue weighted by molar-refractivity contribution is 6.29. The van der Waals surface area contributed by atoms with Gasteiger partial charge in [0.25, 0.3) is 0 Å². The Morgan fingerprint density at radius 1 is 1.50 bits per heavy atom. The third-order valence-electron chi connectivity index (χ3n) is 3.73. The molecule has 2 rings (SSSR count). The van der Waals surface area contributed by atoms with Gasteiger partial charge in [-0.3, -0.25) is 0 Å². The minimum atomic E-state index is -1.01. The standard InChI is InChI=1S/C15H20ClN3O5/c1-3-24-13(20)10-7-17-12(16)4-11(10)19-9-5-15(22,6-9)8-18-14(21)23-2/h4,7,9,22H,3,5-6,8H2,1-2H3,(H,17,19)(H,18,21). The molecule has 24 heavy (non-hydrogen) atoms. The molecule has 0 saturated heterocycles. The number of aliphatic hydroxyl groups is 1. The van der Waals surface area contributed by atoms with Crippen molar-refractivity contribution in [2.75, 3.05) is 25.6 Å². The molecule has 8 nitrogen and oxygen atoms in total. The van der Waals surface area contributed by atoms with E-state index in [1.54, 1.807) is 6.92 Å². The number of amides is 1. The van der Waals surface area contributed by atoms with Crippen LogP contribution in [0.15, 0.2) is 12.3 Å². The second-order valence-corrected chi connectivity index (χ2v) is 5.98. The van der Waals surface area contributed by atoms with Crippen molar-refractivity contribution in [2.45, 2.75) is 31.4 Å². The lowest BCUT2D eigenvalue weighted by atomic mass is 9.75. The van der Waals surface area contributed by atoms with Crippen LogP contribution in [-0.2, 0) is 9.47 Å². The number of pyridine rings is 1. The number of ether oxygens (including phenoxy) is 2. The van der Waals surface area contributed by atoms with Gasteiger partial charge < -0.3 is 25.2 Å². The van der Waals surface area contributed by atoms with Crippen LogP contribution in [0.4, 0.5) is 10.5 Å². The molecule has 0 radical (unpaired) electrons. The maximum atomic E-state index is 11.9. The molecule has 0 atom stereocenters. The van der Waals surface area contributed by atoms with Crippen LogP contribution in [0.2, 0.25) is 5.15 Å². The molecule has 1 heterocycles. The van der Waals surface area contributed by atoms with Gasteiger partial charge in [0.15, 0.2) is 0 Å². The Morgan fingerprint density at radius 2 is 2.21 bits per heavy atom. The Morgan fingerprint density at radius 3 is 2.83 bits per heavy atom. The third-order valence-corrected chi connectivity index (χ3v) is 3.93. The normalized spacial score (nSPS) is 22.2. The maximum absolute atomic E-state index is 11.9. The fourth-order valence-corrected chi connectivity index (χ4v) is 2.71. The number of nitrogens with zero attached hydrogens (tertiary/aromatic N) is 1. The van der Waals surface area contributed by atoms with E-state index in [2.05, 4.69) is 20.4 Å². The van der Waals surface area contributed by atoms with E-state index in [0.717, 1.165) is 0 Å². The first-order valence-corrected chi connectivity index (χ1v) is 7.88. The number of hydrogen-bond donors (Lipinski definition) is 3. The summed E-state index contributed by atoms with van der Waals surface area (Å²) in [5, 5.41) is 16.1. The summed E-state index contributed by atoms with van der Waals surface area (Å²) in [5.74, 6) is -0.494. The van der Waals surface area contributed by atoms with Crippen molar-refractivity contribution >= 4 is 29.4 Å². The van der Waals surface area contributed by atoms with Crippen molar-refractivity contribution in [3.05, 3.63) is 23.0 Å². The largest absolute Gasteiger partial charge is 0.462 e. The molecule has 132 valence electrons. The number of carbonyl (C=O) groups is 2. The van der Waals surface area contributed by atoms with Crippen LogP contribution in [0, 0.1) is 0 Å². The Kier molecular flexibility index (Phi) is 5.84. The lowest BCUT2D eigenvalue weighted by Gasteiger charge is -2.44. The zero-order valence-electron chi connectivity index (χ0n) is 13.5. The van der Waals surface area contributed by atoms with E-state index in [4.69, 9.17) is 16.3 Å². The molecule has 1 fully saturated rings. The molecule has 9 heteroatoms. The minimum absolute atomic E-state index is 0.0684.